The standard InChI is InChI=1S/C8H16O3P2S.Tl/c1-3-6-4-7(14(12)13)8(11-6)10-5(2)9;/h6-8,12H,3-4,13H2,1-2H3;/t6-,7+,8?,14?;/m1./s1. The summed E-state index contributed by atoms with van der Waals surface area (Å²) in [5.74, 6) is -0.257. The second-order valence-electron chi connectivity index (χ2n) is 3.68. The summed E-state index contributed by atoms with van der Waals surface area (Å²) in [6, 6.07) is 0. The predicted octanol–water partition coefficient (Wildman–Crippen LogP) is 1.53. The van der Waals surface area contributed by atoms with E-state index in [1.54, 1.807) is 0 Å². The minimum atomic E-state index is -0.854. The molecule has 7 heteroatoms. The van der Waals surface area contributed by atoms with Gasteiger partial charge < -0.3 is 0 Å². The van der Waals surface area contributed by atoms with E-state index in [9.17, 15) is 4.79 Å². The average molecular weight is 459 g/mol. The van der Waals surface area contributed by atoms with Crippen molar-refractivity contribution in [2.75, 3.05) is 0 Å². The van der Waals surface area contributed by atoms with Gasteiger partial charge in [0.25, 0.3) is 0 Å². The van der Waals surface area contributed by atoms with Crippen molar-refractivity contribution >= 4 is 51.0 Å². The van der Waals surface area contributed by atoms with Crippen LogP contribution in [0.4, 0.5) is 0 Å². The summed E-state index contributed by atoms with van der Waals surface area (Å²) < 4.78 is 10.9. The average Bonchev–Trinajstić information content (AvgIpc) is 2.45. The Labute approximate surface area is 109 Å². The Kier molecular flexibility index (Phi) is 5.66. The molecule has 1 aliphatic heterocycles. The Bertz CT molecular complexity index is 344. The van der Waals surface area contributed by atoms with Crippen LogP contribution in [0.5, 0.6) is 0 Å². The quantitative estimate of drug-likeness (QED) is 0.366. The molecule has 0 N–H and O–H groups in total. The number of carbonyl (C=O) groups is 1. The molecular weight excluding hydrogens is 442 g/mol. The number of ether oxygens (including phenoxy) is 2. The van der Waals surface area contributed by atoms with Crippen LogP contribution in [0.3, 0.4) is 0 Å². The number of hydrogen-bond donors (Lipinski definition) is 0. The molecule has 0 aromatic rings. The molecule has 0 spiro atoms. The van der Waals surface area contributed by atoms with Gasteiger partial charge >= 0.3 is 110 Å². The van der Waals surface area contributed by atoms with Crippen molar-refractivity contribution in [3.8, 4) is 0 Å². The molecule has 1 fully saturated rings. The van der Waals surface area contributed by atoms with Crippen molar-refractivity contribution in [2.24, 2.45) is 0 Å². The number of carbonyl (C=O) groups excluding carboxylic acids is 1. The molecule has 1 aliphatic rings. The van der Waals surface area contributed by atoms with Gasteiger partial charge in [-0.25, -0.2) is 0 Å². The molecule has 1 rings (SSSR count). The summed E-state index contributed by atoms with van der Waals surface area (Å²) in [5, 5.41) is 0.331. The topological polar surface area (TPSA) is 35.5 Å². The van der Waals surface area contributed by atoms with Gasteiger partial charge in [0.2, 0.25) is 0 Å². The van der Waals surface area contributed by atoms with E-state index in [1.165, 1.54) is 6.92 Å². The third-order valence-corrected chi connectivity index (χ3v) is 9.81. The van der Waals surface area contributed by atoms with Crippen LogP contribution in [0.15, 0.2) is 0 Å². The first-order valence-electron chi connectivity index (χ1n) is 4.79. The molecule has 0 bridgehead atoms. The summed E-state index contributed by atoms with van der Waals surface area (Å²) >= 11 is 0.825. The Balaban J connectivity index is 2.79. The molecule has 1 heterocycles. The van der Waals surface area contributed by atoms with Crippen LogP contribution in [-0.2, 0) is 19.1 Å². The maximum absolute atomic E-state index is 11.0. The molecule has 3 unspecified atom stereocenters. The molecule has 0 amide bonds. The van der Waals surface area contributed by atoms with E-state index in [2.05, 4.69) is 23.4 Å². The monoisotopic (exact) mass is 459 g/mol. The molecular formula is C8H16O3P2STl. The van der Waals surface area contributed by atoms with Crippen LogP contribution in [0, 0.1) is 0 Å². The van der Waals surface area contributed by atoms with Gasteiger partial charge in [-0.05, 0) is 0 Å². The van der Waals surface area contributed by atoms with Gasteiger partial charge in [0, 0.05) is 0 Å². The second kappa shape index (κ2) is 5.85. The first-order chi connectivity index (χ1) is 6.84. The van der Waals surface area contributed by atoms with E-state index >= 15 is 0 Å². The molecule has 3 nitrogen and oxygen atoms in total. The van der Waals surface area contributed by atoms with Crippen molar-refractivity contribution < 1.29 is 14.3 Å². The van der Waals surface area contributed by atoms with Crippen LogP contribution < -0.4 is 0 Å². The van der Waals surface area contributed by atoms with Crippen molar-refractivity contribution in [2.45, 2.75) is 44.3 Å². The van der Waals surface area contributed by atoms with Crippen molar-refractivity contribution in [3.05, 3.63) is 0 Å². The first kappa shape index (κ1) is 14.5. The fourth-order valence-electron chi connectivity index (χ4n) is 1.58. The van der Waals surface area contributed by atoms with Gasteiger partial charge in [-0.3, -0.25) is 0 Å². The van der Waals surface area contributed by atoms with Crippen LogP contribution >= 0.6 is 16.5 Å². The van der Waals surface area contributed by atoms with Crippen molar-refractivity contribution in [3.63, 3.8) is 0 Å². The maximum atomic E-state index is 11.0. The van der Waals surface area contributed by atoms with E-state index in [0.29, 0.717) is 5.25 Å². The molecule has 5 atom stereocenters. The Hall–Kier alpha value is 1.43. The van der Waals surface area contributed by atoms with E-state index in [1.807, 2.05) is 0 Å². The van der Waals surface area contributed by atoms with Gasteiger partial charge in [0.15, 0.2) is 0 Å². The number of rotatable bonds is 3. The summed E-state index contributed by atoms with van der Waals surface area (Å²) in [5.41, 5.74) is 0. The fourth-order valence-corrected chi connectivity index (χ4v) is 6.73. The zero-order valence-electron chi connectivity index (χ0n) is 8.93. The number of esters is 1. The van der Waals surface area contributed by atoms with Gasteiger partial charge in [0.05, 0.1) is 0 Å². The Morgan fingerprint density at radius 1 is 1.80 bits per heavy atom. The van der Waals surface area contributed by atoms with E-state index in [-0.39, 0.29) is 18.4 Å². The summed E-state index contributed by atoms with van der Waals surface area (Å²) in [6.07, 6.45) is 1.86. The third kappa shape index (κ3) is 4.30. The van der Waals surface area contributed by atoms with Crippen molar-refractivity contribution in [1.82, 2.24) is 0 Å². The van der Waals surface area contributed by atoms with E-state index < -0.39 is 4.84 Å². The molecule has 1 saturated heterocycles. The summed E-state index contributed by atoms with van der Waals surface area (Å²) in [6.45, 7) is 3.53. The molecule has 0 saturated carbocycles. The zero-order valence-corrected chi connectivity index (χ0v) is 16.4. The molecule has 0 aromatic carbocycles. The second-order valence-corrected chi connectivity index (χ2v) is 32.6. The third-order valence-electron chi connectivity index (χ3n) is 2.36. The predicted molar refractivity (Wildman–Crippen MR) is 70.3 cm³/mol. The van der Waals surface area contributed by atoms with E-state index in [0.717, 1.165) is 36.5 Å². The van der Waals surface area contributed by atoms with E-state index in [4.69, 9.17) is 9.47 Å². The summed E-state index contributed by atoms with van der Waals surface area (Å²) in [7, 11) is 6.68. The zero-order chi connectivity index (χ0) is 11.6. The molecule has 85 valence electrons. The SMILES string of the molecule is CC[C@@H]1C[C@H]([S](=P)(P)=[Tl])C(OC(C)=O)O1. The summed E-state index contributed by atoms with van der Waals surface area (Å²) in [4.78, 5) is 10.1. The van der Waals surface area contributed by atoms with Crippen LogP contribution in [0.1, 0.15) is 26.7 Å². The molecule has 0 aliphatic carbocycles. The molecule has 15 heavy (non-hydrogen) atoms. The van der Waals surface area contributed by atoms with Crippen LogP contribution in [0.2, 0.25) is 0 Å². The normalized spacial score (nSPS) is 34.9. The Morgan fingerprint density at radius 2 is 2.40 bits per heavy atom. The number of hydrogen-bond acceptors (Lipinski definition) is 3. The molecule has 0 aromatic heterocycles. The van der Waals surface area contributed by atoms with Gasteiger partial charge in [0.1, 0.15) is 0 Å². The Morgan fingerprint density at radius 3 is 2.80 bits per heavy atom. The van der Waals surface area contributed by atoms with Crippen LogP contribution in [0.25, 0.3) is 0 Å². The first-order valence-corrected chi connectivity index (χ1v) is 14.8. The van der Waals surface area contributed by atoms with Gasteiger partial charge in [-0.2, -0.15) is 0 Å². The fraction of sp³-hybridized carbons (Fsp3) is 0.875. The minimum absolute atomic E-state index is 0.238. The van der Waals surface area contributed by atoms with Gasteiger partial charge in [-0.1, -0.05) is 0 Å². The van der Waals surface area contributed by atoms with Crippen molar-refractivity contribution in [1.29, 1.82) is 0 Å². The van der Waals surface area contributed by atoms with Crippen LogP contribution in [-0.4, -0.2) is 47.3 Å². The van der Waals surface area contributed by atoms with Gasteiger partial charge in [-0.15, -0.1) is 0 Å². The molecule has 0 radical (unpaired) electrons.